The molecule has 0 aliphatic heterocycles. The zero-order valence-electron chi connectivity index (χ0n) is 11.6. The summed E-state index contributed by atoms with van der Waals surface area (Å²) in [6.45, 7) is 4.82. The van der Waals surface area contributed by atoms with E-state index in [9.17, 15) is 0 Å². The molecule has 0 aliphatic carbocycles. The summed E-state index contributed by atoms with van der Waals surface area (Å²) in [4.78, 5) is 11.9. The number of benzene rings is 1. The molecule has 0 saturated carbocycles. The maximum absolute atomic E-state index is 4.48. The molecular weight excluding hydrogens is 250 g/mol. The van der Waals surface area contributed by atoms with Gasteiger partial charge >= 0.3 is 0 Å². The van der Waals surface area contributed by atoms with Gasteiger partial charge in [-0.15, -0.1) is 0 Å². The van der Waals surface area contributed by atoms with Crippen LogP contribution >= 0.6 is 0 Å². The van der Waals surface area contributed by atoms with Crippen LogP contribution in [0.2, 0.25) is 0 Å². The Kier molecular flexibility index (Phi) is 3.25. The second kappa shape index (κ2) is 5.21. The van der Waals surface area contributed by atoms with Gasteiger partial charge in [-0.2, -0.15) is 4.98 Å². The first-order chi connectivity index (χ1) is 9.76. The molecule has 0 radical (unpaired) electrons. The second-order valence-corrected chi connectivity index (χ2v) is 4.66. The Balaban J connectivity index is 1.91. The molecule has 0 fully saturated rings. The fourth-order valence-electron chi connectivity index (χ4n) is 2.08. The summed E-state index contributed by atoms with van der Waals surface area (Å²) in [7, 11) is 0. The van der Waals surface area contributed by atoms with Crippen molar-refractivity contribution in [3.8, 4) is 0 Å². The summed E-state index contributed by atoms with van der Waals surface area (Å²) in [5.74, 6) is 1.47. The fourth-order valence-corrected chi connectivity index (χ4v) is 2.08. The molecule has 5 nitrogen and oxygen atoms in total. The van der Waals surface area contributed by atoms with E-state index in [1.54, 1.807) is 0 Å². The number of anilines is 3. The van der Waals surface area contributed by atoms with Gasteiger partial charge in [0.2, 0.25) is 5.95 Å². The molecule has 3 N–H and O–H groups in total. The summed E-state index contributed by atoms with van der Waals surface area (Å²) in [5, 5.41) is 7.64. The van der Waals surface area contributed by atoms with Gasteiger partial charge in [0.15, 0.2) is 0 Å². The Morgan fingerprint density at radius 3 is 3.00 bits per heavy atom. The normalized spacial score (nSPS) is 10.7. The van der Waals surface area contributed by atoms with Gasteiger partial charge in [0.25, 0.3) is 0 Å². The van der Waals surface area contributed by atoms with E-state index in [-0.39, 0.29) is 0 Å². The van der Waals surface area contributed by atoms with Crippen LogP contribution in [-0.2, 0) is 0 Å². The Hall–Kier alpha value is -2.56. The third kappa shape index (κ3) is 2.42. The third-order valence-corrected chi connectivity index (χ3v) is 3.12. The topological polar surface area (TPSA) is 65.6 Å². The number of rotatable bonds is 4. The van der Waals surface area contributed by atoms with Crippen LogP contribution in [0.15, 0.2) is 36.7 Å². The standard InChI is InChI=1S/C15H17N5/c1-3-16-15-18-9-10(2)14(20-15)19-12-4-5-13-11(8-12)6-7-17-13/h4-9,17H,3H2,1-2H3,(H2,16,18,19,20). The first-order valence-electron chi connectivity index (χ1n) is 6.68. The number of nitrogens with zero attached hydrogens (tertiary/aromatic N) is 2. The lowest BCUT2D eigenvalue weighted by molar-refractivity contribution is 1.07. The quantitative estimate of drug-likeness (QED) is 0.677. The third-order valence-electron chi connectivity index (χ3n) is 3.12. The number of H-pyrrole nitrogens is 1. The first kappa shape index (κ1) is 12.5. The van der Waals surface area contributed by atoms with Crippen molar-refractivity contribution >= 4 is 28.4 Å². The van der Waals surface area contributed by atoms with E-state index >= 15 is 0 Å². The van der Waals surface area contributed by atoms with Crippen LogP contribution in [0.4, 0.5) is 17.5 Å². The number of fused-ring (bicyclic) bond motifs is 1. The van der Waals surface area contributed by atoms with E-state index in [1.165, 1.54) is 5.39 Å². The van der Waals surface area contributed by atoms with E-state index in [2.05, 4.69) is 43.8 Å². The minimum absolute atomic E-state index is 0.642. The molecule has 0 amide bonds. The highest BCUT2D eigenvalue weighted by molar-refractivity contribution is 5.84. The maximum Gasteiger partial charge on any atom is 0.224 e. The molecule has 0 bridgehead atoms. The molecule has 0 unspecified atom stereocenters. The molecule has 0 aliphatic rings. The lowest BCUT2D eigenvalue weighted by atomic mass is 10.2. The van der Waals surface area contributed by atoms with Crippen molar-refractivity contribution in [3.63, 3.8) is 0 Å². The average Bonchev–Trinajstić information content (AvgIpc) is 2.90. The van der Waals surface area contributed by atoms with Gasteiger partial charge < -0.3 is 15.6 Å². The molecule has 2 aromatic heterocycles. The minimum Gasteiger partial charge on any atom is -0.361 e. The summed E-state index contributed by atoms with van der Waals surface area (Å²) >= 11 is 0. The minimum atomic E-state index is 0.642. The van der Waals surface area contributed by atoms with Crippen molar-refractivity contribution in [3.05, 3.63) is 42.2 Å². The molecule has 5 heteroatoms. The van der Waals surface area contributed by atoms with E-state index in [0.717, 1.165) is 29.1 Å². The zero-order valence-corrected chi connectivity index (χ0v) is 11.6. The zero-order chi connectivity index (χ0) is 13.9. The SMILES string of the molecule is CCNc1ncc(C)c(Nc2ccc3[nH]ccc3c2)n1. The highest BCUT2D eigenvalue weighted by Gasteiger charge is 2.04. The van der Waals surface area contributed by atoms with Crippen molar-refractivity contribution in [2.75, 3.05) is 17.2 Å². The molecule has 3 rings (SSSR count). The first-order valence-corrected chi connectivity index (χ1v) is 6.68. The van der Waals surface area contributed by atoms with E-state index in [1.807, 2.05) is 32.3 Å². The van der Waals surface area contributed by atoms with E-state index < -0.39 is 0 Å². The van der Waals surface area contributed by atoms with Gasteiger partial charge in [-0.05, 0) is 38.1 Å². The fraction of sp³-hybridized carbons (Fsp3) is 0.200. The van der Waals surface area contributed by atoms with Crippen LogP contribution in [0.3, 0.4) is 0 Å². The number of hydrogen-bond donors (Lipinski definition) is 3. The van der Waals surface area contributed by atoms with Crippen LogP contribution in [0, 0.1) is 6.92 Å². The van der Waals surface area contributed by atoms with E-state index in [0.29, 0.717) is 5.95 Å². The van der Waals surface area contributed by atoms with Crippen molar-refractivity contribution < 1.29 is 0 Å². The van der Waals surface area contributed by atoms with Gasteiger partial charge in [0.05, 0.1) is 0 Å². The van der Waals surface area contributed by atoms with Crippen molar-refractivity contribution in [2.45, 2.75) is 13.8 Å². The molecule has 1 aromatic carbocycles. The number of nitrogens with one attached hydrogen (secondary N) is 3. The van der Waals surface area contributed by atoms with Crippen molar-refractivity contribution in [1.82, 2.24) is 15.0 Å². The van der Waals surface area contributed by atoms with E-state index in [4.69, 9.17) is 0 Å². The second-order valence-electron chi connectivity index (χ2n) is 4.66. The average molecular weight is 267 g/mol. The smallest absolute Gasteiger partial charge is 0.224 e. The van der Waals surface area contributed by atoms with Crippen LogP contribution in [0.1, 0.15) is 12.5 Å². The highest BCUT2D eigenvalue weighted by Crippen LogP contribution is 2.22. The van der Waals surface area contributed by atoms with Gasteiger partial charge in [-0.3, -0.25) is 0 Å². The predicted molar refractivity (Wildman–Crippen MR) is 82.5 cm³/mol. The van der Waals surface area contributed by atoms with Crippen molar-refractivity contribution in [2.24, 2.45) is 0 Å². The molecule has 0 saturated heterocycles. The Bertz CT molecular complexity index is 732. The monoisotopic (exact) mass is 267 g/mol. The van der Waals surface area contributed by atoms with Gasteiger partial charge in [-0.1, -0.05) is 0 Å². The largest absolute Gasteiger partial charge is 0.361 e. The lowest BCUT2D eigenvalue weighted by Crippen LogP contribution is -2.05. The van der Waals surface area contributed by atoms with Crippen LogP contribution in [0.25, 0.3) is 10.9 Å². The van der Waals surface area contributed by atoms with Crippen molar-refractivity contribution in [1.29, 1.82) is 0 Å². The number of aryl methyl sites for hydroxylation is 1. The molecule has 0 atom stereocenters. The summed E-state index contributed by atoms with van der Waals surface area (Å²) in [6, 6.07) is 8.24. The number of aromatic amines is 1. The molecule has 2 heterocycles. The molecule has 0 spiro atoms. The number of hydrogen-bond acceptors (Lipinski definition) is 4. The Morgan fingerprint density at radius 1 is 1.25 bits per heavy atom. The predicted octanol–water partition coefficient (Wildman–Crippen LogP) is 3.44. The Labute approximate surface area is 117 Å². The van der Waals surface area contributed by atoms with Crippen LogP contribution in [-0.4, -0.2) is 21.5 Å². The van der Waals surface area contributed by atoms with Gasteiger partial charge in [0, 0.05) is 41.1 Å². The Morgan fingerprint density at radius 2 is 2.15 bits per heavy atom. The molecule has 102 valence electrons. The maximum atomic E-state index is 4.48. The van der Waals surface area contributed by atoms with Crippen LogP contribution in [0.5, 0.6) is 0 Å². The summed E-state index contributed by atoms with van der Waals surface area (Å²) < 4.78 is 0. The van der Waals surface area contributed by atoms with Gasteiger partial charge in [-0.25, -0.2) is 4.98 Å². The highest BCUT2D eigenvalue weighted by atomic mass is 15.1. The van der Waals surface area contributed by atoms with Gasteiger partial charge in [0.1, 0.15) is 5.82 Å². The molecule has 20 heavy (non-hydrogen) atoms. The molecular formula is C15H17N5. The molecule has 3 aromatic rings. The summed E-state index contributed by atoms with van der Waals surface area (Å²) in [5.41, 5.74) is 3.16. The lowest BCUT2D eigenvalue weighted by Gasteiger charge is -2.10. The summed E-state index contributed by atoms with van der Waals surface area (Å²) in [6.07, 6.45) is 3.76. The van der Waals surface area contributed by atoms with Crippen LogP contribution < -0.4 is 10.6 Å². The number of aromatic nitrogens is 3.